The first-order chi connectivity index (χ1) is 11.8. The van der Waals surface area contributed by atoms with Gasteiger partial charge in [-0.05, 0) is 79.6 Å². The van der Waals surface area contributed by atoms with Crippen molar-refractivity contribution < 1.29 is 4.79 Å². The summed E-state index contributed by atoms with van der Waals surface area (Å²) in [4.78, 5) is 14.8. The third-order valence-electron chi connectivity index (χ3n) is 5.58. The van der Waals surface area contributed by atoms with Crippen molar-refractivity contribution in [3.8, 4) is 0 Å². The Kier molecular flexibility index (Phi) is 5.98. The number of piperidine rings is 2. The molecule has 0 radical (unpaired) electrons. The monoisotopic (exact) mass is 358 g/mol. The largest absolute Gasteiger partial charge is 0.339 e. The van der Waals surface area contributed by atoms with E-state index in [2.05, 4.69) is 35.6 Å². The lowest BCUT2D eigenvalue weighted by Crippen LogP contribution is -2.35. The minimum Gasteiger partial charge on any atom is -0.339 e. The van der Waals surface area contributed by atoms with Crippen LogP contribution in [0.3, 0.4) is 0 Å². The summed E-state index contributed by atoms with van der Waals surface area (Å²) in [5.74, 6) is 0.836. The van der Waals surface area contributed by atoms with Crippen LogP contribution in [-0.2, 0) is 0 Å². The molecular weight excluding hydrogens is 332 g/mol. The number of halogens is 1. The molecule has 2 saturated heterocycles. The minimum absolute atomic E-state index is 0. The smallest absolute Gasteiger partial charge is 0.253 e. The maximum Gasteiger partial charge on any atom is 0.253 e. The second kappa shape index (κ2) is 8.20. The number of carbonyl (C=O) groups excluding carboxylic acids is 1. The lowest BCUT2D eigenvalue weighted by atomic mass is 9.86. The van der Waals surface area contributed by atoms with Crippen LogP contribution < -0.4 is 5.32 Å². The summed E-state index contributed by atoms with van der Waals surface area (Å²) >= 11 is 0. The van der Waals surface area contributed by atoms with E-state index in [0.717, 1.165) is 44.6 Å². The molecule has 4 heteroatoms. The molecule has 1 amide bonds. The summed E-state index contributed by atoms with van der Waals surface area (Å²) in [6, 6.07) is 12.9. The Labute approximate surface area is 156 Å². The Morgan fingerprint density at radius 2 is 1.76 bits per heavy atom. The number of rotatable bonds is 2. The van der Waals surface area contributed by atoms with Gasteiger partial charge in [-0.15, -0.1) is 12.4 Å². The highest BCUT2D eigenvalue weighted by atomic mass is 35.5. The van der Waals surface area contributed by atoms with E-state index in [0.29, 0.717) is 5.92 Å². The van der Waals surface area contributed by atoms with Crippen LogP contribution in [-0.4, -0.2) is 37.0 Å². The van der Waals surface area contributed by atoms with Gasteiger partial charge in [0.25, 0.3) is 5.91 Å². The molecule has 1 N–H and O–H groups in total. The molecule has 0 saturated carbocycles. The van der Waals surface area contributed by atoms with Gasteiger partial charge in [0.05, 0.1) is 0 Å². The fourth-order valence-electron chi connectivity index (χ4n) is 4.21. The standard InChI is InChI=1S/C21H26N2O.ClH/c24-21(23-13-2-1-3-14-23)18-7-8-20-17(15-18)5-4-6-19(20)16-9-11-22-12-10-16;/h4-8,15-16,22H,1-3,9-14H2;1H. The second-order valence-electron chi connectivity index (χ2n) is 7.16. The minimum atomic E-state index is 0. The predicted molar refractivity (Wildman–Crippen MR) is 106 cm³/mol. The molecule has 0 spiro atoms. The molecule has 2 aromatic rings. The van der Waals surface area contributed by atoms with Gasteiger partial charge in [-0.2, -0.15) is 0 Å². The van der Waals surface area contributed by atoms with E-state index in [4.69, 9.17) is 0 Å². The number of benzene rings is 2. The number of amides is 1. The first-order valence-corrected chi connectivity index (χ1v) is 9.35. The van der Waals surface area contributed by atoms with Crippen molar-refractivity contribution in [3.05, 3.63) is 47.5 Å². The predicted octanol–water partition coefficient (Wildman–Crippen LogP) is 4.35. The summed E-state index contributed by atoms with van der Waals surface area (Å²) in [5, 5.41) is 5.96. The molecule has 4 rings (SSSR count). The molecule has 3 nitrogen and oxygen atoms in total. The molecule has 0 aliphatic carbocycles. The van der Waals surface area contributed by atoms with Crippen molar-refractivity contribution in [2.45, 2.75) is 38.0 Å². The van der Waals surface area contributed by atoms with Gasteiger partial charge in [0.2, 0.25) is 0 Å². The average Bonchev–Trinajstić information content (AvgIpc) is 2.68. The molecule has 2 aromatic carbocycles. The number of carbonyl (C=O) groups is 1. The summed E-state index contributed by atoms with van der Waals surface area (Å²) in [5.41, 5.74) is 2.29. The zero-order valence-corrected chi connectivity index (χ0v) is 15.5. The molecule has 0 aromatic heterocycles. The number of hydrogen-bond donors (Lipinski definition) is 1. The van der Waals surface area contributed by atoms with Crippen molar-refractivity contribution in [3.63, 3.8) is 0 Å². The maximum atomic E-state index is 12.7. The van der Waals surface area contributed by atoms with Gasteiger partial charge in [0.15, 0.2) is 0 Å². The van der Waals surface area contributed by atoms with Crippen molar-refractivity contribution >= 4 is 29.1 Å². The van der Waals surface area contributed by atoms with E-state index in [-0.39, 0.29) is 18.3 Å². The van der Waals surface area contributed by atoms with Gasteiger partial charge < -0.3 is 10.2 Å². The van der Waals surface area contributed by atoms with Crippen LogP contribution in [0, 0.1) is 0 Å². The van der Waals surface area contributed by atoms with E-state index < -0.39 is 0 Å². The molecule has 2 fully saturated rings. The van der Waals surface area contributed by atoms with Gasteiger partial charge in [-0.25, -0.2) is 0 Å². The molecule has 0 unspecified atom stereocenters. The van der Waals surface area contributed by atoms with Crippen molar-refractivity contribution in [2.75, 3.05) is 26.2 Å². The Morgan fingerprint density at radius 3 is 2.52 bits per heavy atom. The summed E-state index contributed by atoms with van der Waals surface area (Å²) in [7, 11) is 0. The zero-order chi connectivity index (χ0) is 16.4. The van der Waals surface area contributed by atoms with E-state index in [1.54, 1.807) is 0 Å². The maximum absolute atomic E-state index is 12.7. The number of fused-ring (bicyclic) bond motifs is 1. The van der Waals surface area contributed by atoms with Crippen LogP contribution >= 0.6 is 12.4 Å². The quantitative estimate of drug-likeness (QED) is 0.865. The van der Waals surface area contributed by atoms with Crippen LogP contribution in [0.1, 0.15) is 53.9 Å². The summed E-state index contributed by atoms with van der Waals surface area (Å²) in [6.07, 6.45) is 5.93. The van der Waals surface area contributed by atoms with Crippen molar-refractivity contribution in [1.29, 1.82) is 0 Å². The van der Waals surface area contributed by atoms with Crippen LogP contribution in [0.4, 0.5) is 0 Å². The van der Waals surface area contributed by atoms with E-state index >= 15 is 0 Å². The molecule has 2 aliphatic rings. The van der Waals surface area contributed by atoms with Crippen molar-refractivity contribution in [2.24, 2.45) is 0 Å². The Balaban J connectivity index is 0.00000182. The highest BCUT2D eigenvalue weighted by Gasteiger charge is 2.20. The Hall–Kier alpha value is -1.58. The number of hydrogen-bond acceptors (Lipinski definition) is 2. The molecule has 25 heavy (non-hydrogen) atoms. The Morgan fingerprint density at radius 1 is 1.00 bits per heavy atom. The number of nitrogens with one attached hydrogen (secondary N) is 1. The van der Waals surface area contributed by atoms with E-state index in [1.807, 2.05) is 11.0 Å². The Bertz CT molecular complexity index is 734. The molecule has 2 heterocycles. The van der Waals surface area contributed by atoms with Crippen LogP contribution in [0.15, 0.2) is 36.4 Å². The van der Waals surface area contributed by atoms with Gasteiger partial charge in [0, 0.05) is 18.7 Å². The van der Waals surface area contributed by atoms with E-state index in [1.165, 1.54) is 35.6 Å². The fourth-order valence-corrected chi connectivity index (χ4v) is 4.21. The first-order valence-electron chi connectivity index (χ1n) is 9.35. The number of nitrogens with zero attached hydrogens (tertiary/aromatic N) is 1. The summed E-state index contributed by atoms with van der Waals surface area (Å²) in [6.45, 7) is 4.02. The zero-order valence-electron chi connectivity index (χ0n) is 14.7. The SMILES string of the molecule is Cl.O=C(c1ccc2c(C3CCNCC3)cccc2c1)N1CCCCC1. The lowest BCUT2D eigenvalue weighted by Gasteiger charge is -2.27. The summed E-state index contributed by atoms with van der Waals surface area (Å²) < 4.78 is 0. The van der Waals surface area contributed by atoms with E-state index in [9.17, 15) is 4.79 Å². The normalized spacial score (nSPS) is 18.8. The molecule has 0 bridgehead atoms. The fraction of sp³-hybridized carbons (Fsp3) is 0.476. The molecule has 2 aliphatic heterocycles. The molecular formula is C21H27ClN2O. The first kappa shape index (κ1) is 18.2. The second-order valence-corrected chi connectivity index (χ2v) is 7.16. The molecule has 134 valence electrons. The van der Waals surface area contributed by atoms with Gasteiger partial charge >= 0.3 is 0 Å². The van der Waals surface area contributed by atoms with Crippen molar-refractivity contribution in [1.82, 2.24) is 10.2 Å². The topological polar surface area (TPSA) is 32.3 Å². The lowest BCUT2D eigenvalue weighted by molar-refractivity contribution is 0.0724. The highest BCUT2D eigenvalue weighted by Crippen LogP contribution is 2.32. The number of likely N-dealkylation sites (tertiary alicyclic amines) is 1. The van der Waals surface area contributed by atoms with Crippen LogP contribution in [0.5, 0.6) is 0 Å². The van der Waals surface area contributed by atoms with Gasteiger partial charge in [-0.1, -0.05) is 24.3 Å². The average molecular weight is 359 g/mol. The third kappa shape index (κ3) is 3.83. The van der Waals surface area contributed by atoms with Gasteiger partial charge in [0.1, 0.15) is 0 Å². The molecule has 0 atom stereocenters. The van der Waals surface area contributed by atoms with Gasteiger partial charge in [-0.3, -0.25) is 4.79 Å². The third-order valence-corrected chi connectivity index (χ3v) is 5.58. The van der Waals surface area contributed by atoms with Crippen LogP contribution in [0.2, 0.25) is 0 Å². The van der Waals surface area contributed by atoms with Crippen LogP contribution in [0.25, 0.3) is 10.8 Å². The highest BCUT2D eigenvalue weighted by molar-refractivity contribution is 5.99.